The maximum atomic E-state index is 13.6. The Balaban J connectivity index is 1.25. The van der Waals surface area contributed by atoms with Crippen LogP contribution in [0.1, 0.15) is 24.2 Å². The fourth-order valence-electron chi connectivity index (χ4n) is 4.68. The molecule has 1 N–H and O–H groups in total. The Bertz CT molecular complexity index is 1370. The van der Waals surface area contributed by atoms with Crippen molar-refractivity contribution >= 4 is 22.3 Å². The fraction of sp³-hybridized carbons (Fsp3) is 0.320. The SMILES string of the molecule is Cc1nn(CC(=O)NC2CCN(Cc3ccccc3)CC2)c(=O)c2cc3cc(F)ccc3n12. The molecule has 0 unspecified atom stereocenters. The lowest BCUT2D eigenvalue weighted by Crippen LogP contribution is -2.46. The van der Waals surface area contributed by atoms with Gasteiger partial charge < -0.3 is 5.32 Å². The number of nitrogens with zero attached hydrogens (tertiary/aromatic N) is 4. The van der Waals surface area contributed by atoms with Crippen molar-refractivity contribution in [1.29, 1.82) is 0 Å². The van der Waals surface area contributed by atoms with Crippen molar-refractivity contribution in [3.8, 4) is 0 Å². The van der Waals surface area contributed by atoms with Gasteiger partial charge in [-0.3, -0.25) is 18.9 Å². The molecule has 3 heterocycles. The number of nitrogens with one attached hydrogen (secondary N) is 1. The Kier molecular flexibility index (Phi) is 5.68. The molecule has 33 heavy (non-hydrogen) atoms. The monoisotopic (exact) mass is 447 g/mol. The number of likely N-dealkylation sites (tertiary alicyclic amines) is 1. The van der Waals surface area contributed by atoms with Crippen molar-refractivity contribution in [2.24, 2.45) is 0 Å². The summed E-state index contributed by atoms with van der Waals surface area (Å²) in [6.07, 6.45) is 1.74. The summed E-state index contributed by atoms with van der Waals surface area (Å²) in [6, 6.07) is 16.5. The summed E-state index contributed by atoms with van der Waals surface area (Å²) in [5.41, 5.74) is 2.01. The van der Waals surface area contributed by atoms with E-state index in [1.54, 1.807) is 23.5 Å². The molecule has 5 rings (SSSR count). The van der Waals surface area contributed by atoms with Gasteiger partial charge in [0, 0.05) is 31.1 Å². The molecule has 7 nitrogen and oxygen atoms in total. The highest BCUT2D eigenvalue weighted by molar-refractivity contribution is 5.87. The molecule has 8 heteroatoms. The van der Waals surface area contributed by atoms with Gasteiger partial charge >= 0.3 is 0 Å². The molecule has 1 amide bonds. The van der Waals surface area contributed by atoms with E-state index in [4.69, 9.17) is 0 Å². The number of aromatic nitrogens is 3. The number of piperidine rings is 1. The van der Waals surface area contributed by atoms with Gasteiger partial charge in [-0.05, 0) is 49.6 Å². The van der Waals surface area contributed by atoms with Crippen LogP contribution in [0.5, 0.6) is 0 Å². The van der Waals surface area contributed by atoms with Gasteiger partial charge in [0.25, 0.3) is 5.56 Å². The minimum atomic E-state index is -0.370. The van der Waals surface area contributed by atoms with Crippen molar-refractivity contribution in [3.63, 3.8) is 0 Å². The van der Waals surface area contributed by atoms with Crippen molar-refractivity contribution in [2.75, 3.05) is 13.1 Å². The first kappa shape index (κ1) is 21.3. The predicted octanol–water partition coefficient (Wildman–Crippen LogP) is 2.88. The standard InChI is InChI=1S/C25H26FN5O2/c1-17-28-30(25(33)23-14-19-13-20(26)7-8-22(19)31(17)23)16-24(32)27-21-9-11-29(12-10-21)15-18-5-3-2-4-6-18/h2-8,13-14,21H,9-12,15-16H2,1H3,(H,27,32). The van der Waals surface area contributed by atoms with Gasteiger partial charge in [0.2, 0.25) is 5.91 Å². The van der Waals surface area contributed by atoms with E-state index in [2.05, 4.69) is 27.4 Å². The normalized spacial score (nSPS) is 15.3. The number of benzene rings is 2. The number of rotatable bonds is 5. The smallest absolute Gasteiger partial charge is 0.291 e. The van der Waals surface area contributed by atoms with E-state index in [0.29, 0.717) is 22.2 Å². The third-order valence-corrected chi connectivity index (χ3v) is 6.30. The highest BCUT2D eigenvalue weighted by atomic mass is 19.1. The van der Waals surface area contributed by atoms with Gasteiger partial charge in [-0.25, -0.2) is 9.07 Å². The quantitative estimate of drug-likeness (QED) is 0.511. The van der Waals surface area contributed by atoms with Crippen LogP contribution in [0.3, 0.4) is 0 Å². The number of hydrogen-bond acceptors (Lipinski definition) is 4. The van der Waals surface area contributed by atoms with Crippen molar-refractivity contribution in [1.82, 2.24) is 24.4 Å². The van der Waals surface area contributed by atoms with Crippen LogP contribution in [0, 0.1) is 12.7 Å². The Morgan fingerprint density at radius 1 is 1.09 bits per heavy atom. The van der Waals surface area contributed by atoms with Crippen molar-refractivity contribution in [2.45, 2.75) is 38.9 Å². The predicted molar refractivity (Wildman–Crippen MR) is 125 cm³/mol. The molecule has 2 aromatic heterocycles. The van der Waals surface area contributed by atoms with E-state index in [9.17, 15) is 14.0 Å². The van der Waals surface area contributed by atoms with Gasteiger partial charge in [0.15, 0.2) is 0 Å². The summed E-state index contributed by atoms with van der Waals surface area (Å²) in [5, 5.41) is 8.03. The Labute approximate surface area is 190 Å². The molecule has 0 saturated carbocycles. The van der Waals surface area contributed by atoms with Crippen LogP contribution in [0.15, 0.2) is 59.4 Å². The van der Waals surface area contributed by atoms with Gasteiger partial charge in [-0.15, -0.1) is 0 Å². The lowest BCUT2D eigenvalue weighted by molar-refractivity contribution is -0.123. The number of halogens is 1. The summed E-state index contributed by atoms with van der Waals surface area (Å²) in [4.78, 5) is 28.1. The molecular weight excluding hydrogens is 421 g/mol. The molecule has 0 aliphatic carbocycles. The average molecular weight is 448 g/mol. The minimum Gasteiger partial charge on any atom is -0.352 e. The lowest BCUT2D eigenvalue weighted by atomic mass is 10.0. The van der Waals surface area contributed by atoms with Crippen molar-refractivity contribution in [3.05, 3.63) is 82.2 Å². The zero-order chi connectivity index (χ0) is 22.9. The zero-order valence-corrected chi connectivity index (χ0v) is 18.5. The van der Waals surface area contributed by atoms with Crippen LogP contribution >= 0.6 is 0 Å². The minimum absolute atomic E-state index is 0.0870. The molecule has 1 fully saturated rings. The Hall–Kier alpha value is -3.52. The largest absolute Gasteiger partial charge is 0.352 e. The number of amides is 1. The van der Waals surface area contributed by atoms with E-state index < -0.39 is 0 Å². The number of hydrogen-bond donors (Lipinski definition) is 1. The highest BCUT2D eigenvalue weighted by Crippen LogP contribution is 2.20. The zero-order valence-electron chi connectivity index (χ0n) is 18.5. The number of carbonyl (C=O) groups excluding carboxylic acids is 1. The van der Waals surface area contributed by atoms with E-state index in [1.807, 2.05) is 18.2 Å². The van der Waals surface area contributed by atoms with Crippen LogP contribution < -0.4 is 10.9 Å². The third kappa shape index (κ3) is 4.39. The summed E-state index contributed by atoms with van der Waals surface area (Å²) in [6.45, 7) is 4.37. The average Bonchev–Trinajstić information content (AvgIpc) is 3.18. The Morgan fingerprint density at radius 2 is 1.85 bits per heavy atom. The van der Waals surface area contributed by atoms with Gasteiger partial charge in [0.1, 0.15) is 23.7 Å². The first-order valence-corrected chi connectivity index (χ1v) is 11.2. The number of fused-ring (bicyclic) bond motifs is 3. The molecule has 1 saturated heterocycles. The molecule has 170 valence electrons. The van der Waals surface area contributed by atoms with Crippen LogP contribution in [-0.4, -0.2) is 44.1 Å². The number of aryl methyl sites for hydroxylation is 1. The molecule has 2 aromatic carbocycles. The van der Waals surface area contributed by atoms with E-state index in [0.717, 1.165) is 32.5 Å². The Morgan fingerprint density at radius 3 is 2.61 bits per heavy atom. The van der Waals surface area contributed by atoms with Crippen molar-refractivity contribution < 1.29 is 9.18 Å². The first-order chi connectivity index (χ1) is 16.0. The summed E-state index contributed by atoms with van der Waals surface area (Å²) < 4.78 is 16.5. The van der Waals surface area contributed by atoms with Crippen LogP contribution in [0.4, 0.5) is 4.39 Å². The maximum absolute atomic E-state index is 13.6. The van der Waals surface area contributed by atoms with E-state index in [1.165, 1.54) is 22.4 Å². The third-order valence-electron chi connectivity index (χ3n) is 6.30. The molecule has 1 aliphatic heterocycles. The first-order valence-electron chi connectivity index (χ1n) is 11.2. The second-order valence-corrected chi connectivity index (χ2v) is 8.68. The second kappa shape index (κ2) is 8.78. The lowest BCUT2D eigenvalue weighted by Gasteiger charge is -2.32. The molecule has 1 aliphatic rings. The highest BCUT2D eigenvalue weighted by Gasteiger charge is 2.22. The van der Waals surface area contributed by atoms with Crippen LogP contribution in [-0.2, 0) is 17.9 Å². The molecule has 0 spiro atoms. The molecule has 4 aromatic rings. The number of carbonyl (C=O) groups is 1. The van der Waals surface area contributed by atoms with Gasteiger partial charge in [-0.1, -0.05) is 30.3 Å². The second-order valence-electron chi connectivity index (χ2n) is 8.68. The topological polar surface area (TPSA) is 71.6 Å². The van der Waals surface area contributed by atoms with E-state index in [-0.39, 0.29) is 29.9 Å². The summed E-state index contributed by atoms with van der Waals surface area (Å²) in [7, 11) is 0. The van der Waals surface area contributed by atoms with E-state index >= 15 is 0 Å². The molecule has 0 bridgehead atoms. The van der Waals surface area contributed by atoms with Gasteiger partial charge in [0.05, 0.1) is 5.52 Å². The molecule has 0 atom stereocenters. The van der Waals surface area contributed by atoms with Gasteiger partial charge in [-0.2, -0.15) is 5.10 Å². The summed E-state index contributed by atoms with van der Waals surface area (Å²) in [5.74, 6) is -0.0243. The molecular formula is C25H26FN5O2. The fourth-order valence-corrected chi connectivity index (χ4v) is 4.68. The van der Waals surface area contributed by atoms with Crippen LogP contribution in [0.25, 0.3) is 16.4 Å². The molecule has 0 radical (unpaired) electrons. The van der Waals surface area contributed by atoms with Crippen LogP contribution in [0.2, 0.25) is 0 Å². The summed E-state index contributed by atoms with van der Waals surface area (Å²) >= 11 is 0. The maximum Gasteiger partial charge on any atom is 0.291 e.